The van der Waals surface area contributed by atoms with Crippen molar-refractivity contribution in [3.05, 3.63) is 0 Å². The summed E-state index contributed by atoms with van der Waals surface area (Å²) >= 11 is 0. The number of nitrogens with zero attached hydrogens (tertiary/aromatic N) is 2. The van der Waals surface area contributed by atoms with E-state index in [-0.39, 0.29) is 23.6 Å². The van der Waals surface area contributed by atoms with E-state index in [9.17, 15) is 14.4 Å². The fraction of sp³-hybridized carbons (Fsp3) is 0.812. The molecule has 2 rings (SSSR count). The molecule has 2 heterocycles. The van der Waals surface area contributed by atoms with Crippen molar-refractivity contribution in [2.75, 3.05) is 19.6 Å². The molecule has 1 unspecified atom stereocenters. The summed E-state index contributed by atoms with van der Waals surface area (Å²) in [5, 5.41) is 0. The molecule has 118 valence electrons. The van der Waals surface area contributed by atoms with Gasteiger partial charge in [-0.25, -0.2) is 0 Å². The zero-order valence-electron chi connectivity index (χ0n) is 13.1. The van der Waals surface area contributed by atoms with Crippen molar-refractivity contribution >= 4 is 17.7 Å². The third kappa shape index (κ3) is 4.05. The normalized spacial score (nSPS) is 26.0. The highest BCUT2D eigenvalue weighted by Gasteiger charge is 2.34. The minimum Gasteiger partial charge on any atom is -0.342 e. The average molecular weight is 294 g/mol. The summed E-state index contributed by atoms with van der Waals surface area (Å²) in [5.41, 5.74) is 0. The largest absolute Gasteiger partial charge is 0.342 e. The zero-order valence-corrected chi connectivity index (χ0v) is 13.1. The van der Waals surface area contributed by atoms with Gasteiger partial charge in [-0.3, -0.25) is 19.3 Å². The predicted molar refractivity (Wildman–Crippen MR) is 79.3 cm³/mol. The maximum atomic E-state index is 12.0. The van der Waals surface area contributed by atoms with Gasteiger partial charge in [-0.05, 0) is 25.2 Å². The molecule has 5 heteroatoms. The highest BCUT2D eigenvalue weighted by molar-refractivity contribution is 6.03. The number of rotatable bonds is 6. The number of carbonyl (C=O) groups excluding carboxylic acids is 3. The van der Waals surface area contributed by atoms with E-state index < -0.39 is 0 Å². The third-order valence-electron chi connectivity index (χ3n) is 4.52. The lowest BCUT2D eigenvalue weighted by atomic mass is 10.1. The molecule has 0 spiro atoms. The van der Waals surface area contributed by atoms with Gasteiger partial charge in [-0.1, -0.05) is 20.3 Å². The Kier molecular flexibility index (Phi) is 5.37. The van der Waals surface area contributed by atoms with E-state index in [0.29, 0.717) is 25.3 Å². The predicted octanol–water partition coefficient (Wildman–Crippen LogP) is 1.81. The lowest BCUT2D eigenvalue weighted by Crippen LogP contribution is -2.31. The number of likely N-dealkylation sites (tertiary alicyclic amines) is 2. The van der Waals surface area contributed by atoms with Crippen LogP contribution >= 0.6 is 0 Å². The van der Waals surface area contributed by atoms with Crippen molar-refractivity contribution < 1.29 is 14.4 Å². The lowest BCUT2D eigenvalue weighted by molar-refractivity contribution is -0.139. The van der Waals surface area contributed by atoms with E-state index in [1.165, 1.54) is 4.90 Å². The topological polar surface area (TPSA) is 57.7 Å². The van der Waals surface area contributed by atoms with Gasteiger partial charge in [0, 0.05) is 38.4 Å². The van der Waals surface area contributed by atoms with E-state index in [1.54, 1.807) is 6.92 Å². The molecule has 2 fully saturated rings. The van der Waals surface area contributed by atoms with Crippen LogP contribution in [0.1, 0.15) is 52.4 Å². The Balaban J connectivity index is 1.59. The smallest absolute Gasteiger partial charge is 0.232 e. The van der Waals surface area contributed by atoms with E-state index >= 15 is 0 Å². The molecular formula is C16H26N2O3. The second-order valence-corrected chi connectivity index (χ2v) is 6.53. The molecule has 0 aromatic rings. The molecule has 0 aliphatic carbocycles. The van der Waals surface area contributed by atoms with Crippen LogP contribution < -0.4 is 0 Å². The van der Waals surface area contributed by atoms with Gasteiger partial charge in [-0.15, -0.1) is 0 Å². The molecule has 2 aliphatic rings. The quantitative estimate of drug-likeness (QED) is 0.554. The highest BCUT2D eigenvalue weighted by atomic mass is 16.2. The molecule has 0 radical (unpaired) electrons. The van der Waals surface area contributed by atoms with Gasteiger partial charge in [-0.2, -0.15) is 0 Å². The van der Waals surface area contributed by atoms with Gasteiger partial charge in [0.2, 0.25) is 17.7 Å². The molecule has 2 aliphatic heterocycles. The summed E-state index contributed by atoms with van der Waals surface area (Å²) in [5.74, 6) is 0.637. The molecule has 0 saturated carbocycles. The van der Waals surface area contributed by atoms with Crippen LogP contribution in [0.25, 0.3) is 0 Å². The zero-order chi connectivity index (χ0) is 15.4. The molecule has 2 saturated heterocycles. The number of amides is 3. The maximum absolute atomic E-state index is 12.0. The van der Waals surface area contributed by atoms with E-state index in [4.69, 9.17) is 0 Å². The SMILES string of the molecule is CC1CC(=O)N(CCCCCC(=O)N2CC[C@@H](C)C2)C1=O. The first-order valence-electron chi connectivity index (χ1n) is 8.11. The van der Waals surface area contributed by atoms with Crippen LogP contribution in [0.2, 0.25) is 0 Å². The fourth-order valence-electron chi connectivity index (χ4n) is 3.13. The molecule has 0 N–H and O–H groups in total. The monoisotopic (exact) mass is 294 g/mol. The van der Waals surface area contributed by atoms with E-state index in [0.717, 1.165) is 38.8 Å². The van der Waals surface area contributed by atoms with Crippen molar-refractivity contribution in [2.24, 2.45) is 11.8 Å². The van der Waals surface area contributed by atoms with Crippen LogP contribution in [-0.4, -0.2) is 47.2 Å². The molecule has 21 heavy (non-hydrogen) atoms. The van der Waals surface area contributed by atoms with E-state index in [1.807, 2.05) is 4.90 Å². The van der Waals surface area contributed by atoms with Crippen LogP contribution in [0.15, 0.2) is 0 Å². The van der Waals surface area contributed by atoms with Crippen LogP contribution in [-0.2, 0) is 14.4 Å². The van der Waals surface area contributed by atoms with Crippen LogP contribution in [0, 0.1) is 11.8 Å². The second kappa shape index (κ2) is 7.05. The van der Waals surface area contributed by atoms with Crippen molar-refractivity contribution in [3.8, 4) is 0 Å². The Morgan fingerprint density at radius 1 is 1.19 bits per heavy atom. The molecule has 0 aromatic carbocycles. The summed E-state index contributed by atoms with van der Waals surface area (Å²) in [6.45, 7) is 6.29. The molecule has 3 amide bonds. The van der Waals surface area contributed by atoms with Crippen LogP contribution in [0.5, 0.6) is 0 Å². The Morgan fingerprint density at radius 3 is 2.52 bits per heavy atom. The number of carbonyl (C=O) groups is 3. The first-order chi connectivity index (χ1) is 9.99. The van der Waals surface area contributed by atoms with Crippen LogP contribution in [0.4, 0.5) is 0 Å². The average Bonchev–Trinajstić information content (AvgIpc) is 2.96. The summed E-state index contributed by atoms with van der Waals surface area (Å²) in [7, 11) is 0. The molecule has 5 nitrogen and oxygen atoms in total. The second-order valence-electron chi connectivity index (χ2n) is 6.53. The first-order valence-corrected chi connectivity index (χ1v) is 8.11. The van der Waals surface area contributed by atoms with Gasteiger partial charge >= 0.3 is 0 Å². The molecule has 0 bridgehead atoms. The fourth-order valence-corrected chi connectivity index (χ4v) is 3.13. The Labute approximate surface area is 126 Å². The lowest BCUT2D eigenvalue weighted by Gasteiger charge is -2.16. The minimum atomic E-state index is -0.156. The van der Waals surface area contributed by atoms with Gasteiger partial charge in [0.15, 0.2) is 0 Å². The summed E-state index contributed by atoms with van der Waals surface area (Å²) in [6.07, 6.45) is 4.59. The standard InChI is InChI=1S/C16H26N2O3/c1-12-7-9-17(11-12)14(19)6-4-3-5-8-18-15(20)10-13(2)16(18)21/h12-13H,3-11H2,1-2H3/t12-,13?/m1/s1. The third-order valence-corrected chi connectivity index (χ3v) is 4.52. The summed E-state index contributed by atoms with van der Waals surface area (Å²) in [4.78, 5) is 38.7. The van der Waals surface area contributed by atoms with Crippen molar-refractivity contribution in [1.82, 2.24) is 9.80 Å². The summed E-state index contributed by atoms with van der Waals surface area (Å²) in [6, 6.07) is 0. The Hall–Kier alpha value is -1.39. The van der Waals surface area contributed by atoms with Crippen molar-refractivity contribution in [2.45, 2.75) is 52.4 Å². The number of hydrogen-bond donors (Lipinski definition) is 0. The minimum absolute atomic E-state index is 0.0397. The summed E-state index contributed by atoms with van der Waals surface area (Å²) < 4.78 is 0. The molecule has 2 atom stereocenters. The molecular weight excluding hydrogens is 268 g/mol. The van der Waals surface area contributed by atoms with Gasteiger partial charge in [0.1, 0.15) is 0 Å². The van der Waals surface area contributed by atoms with Gasteiger partial charge in [0.05, 0.1) is 0 Å². The van der Waals surface area contributed by atoms with Crippen molar-refractivity contribution in [3.63, 3.8) is 0 Å². The van der Waals surface area contributed by atoms with Crippen molar-refractivity contribution in [1.29, 1.82) is 0 Å². The number of imide groups is 1. The highest BCUT2D eigenvalue weighted by Crippen LogP contribution is 2.20. The van der Waals surface area contributed by atoms with Gasteiger partial charge < -0.3 is 4.90 Å². The maximum Gasteiger partial charge on any atom is 0.232 e. The Bertz CT molecular complexity index is 422. The molecule has 0 aromatic heterocycles. The number of unbranched alkanes of at least 4 members (excludes halogenated alkanes) is 2. The van der Waals surface area contributed by atoms with Crippen LogP contribution in [0.3, 0.4) is 0 Å². The Morgan fingerprint density at radius 2 is 1.95 bits per heavy atom. The number of hydrogen-bond acceptors (Lipinski definition) is 3. The first kappa shape index (κ1) is 16.0. The van der Waals surface area contributed by atoms with Gasteiger partial charge in [0.25, 0.3) is 0 Å². The van der Waals surface area contributed by atoms with E-state index in [2.05, 4.69) is 6.92 Å².